The first-order valence-corrected chi connectivity index (χ1v) is 24.6. The molecule has 4 aliphatic rings. The molecule has 1 aliphatic heterocycles. The van der Waals surface area contributed by atoms with E-state index in [1.54, 1.807) is 37.3 Å². The summed E-state index contributed by atoms with van der Waals surface area (Å²) in [6.07, 6.45) is 37.9. The van der Waals surface area contributed by atoms with Gasteiger partial charge in [0.05, 0.1) is 41.6 Å². The lowest BCUT2D eigenvalue weighted by atomic mass is 10.2. The number of esters is 7. The minimum atomic E-state index is -0.759. The molecule has 0 saturated heterocycles. The number of methoxy groups -OCH3 is 5. The highest BCUT2D eigenvalue weighted by molar-refractivity contribution is 6.14. The van der Waals surface area contributed by atoms with Gasteiger partial charge in [0.1, 0.15) is 5.78 Å². The number of nitrogens with zero attached hydrogens (tertiary/aromatic N) is 1. The van der Waals surface area contributed by atoms with E-state index in [1.807, 2.05) is 70.7 Å². The van der Waals surface area contributed by atoms with Gasteiger partial charge in [-0.15, -0.1) is 0 Å². The maximum absolute atomic E-state index is 10.3. The second-order valence-electron chi connectivity index (χ2n) is 13.2. The average Bonchev–Trinajstić information content (AvgIpc) is 4.23. The highest BCUT2D eigenvalue weighted by Crippen LogP contribution is 1.98. The van der Waals surface area contributed by atoms with Crippen LogP contribution >= 0.6 is 0 Å². The predicted octanol–water partition coefficient (Wildman–Crippen LogP) is 9.44. The van der Waals surface area contributed by atoms with Crippen LogP contribution in [0.25, 0.3) is 13.2 Å². The van der Waals surface area contributed by atoms with Gasteiger partial charge in [-0.05, 0) is 81.7 Å². The van der Waals surface area contributed by atoms with Gasteiger partial charge in [0.15, 0.2) is 11.6 Å². The Balaban J connectivity index is -0.0000000890. The fraction of sp³-hybridized carbons (Fsp3) is 0.262. The SMILES string of the molecule is C/C=C/C(=O)OC.C1=CCC=C1.C1=CCCC=C1.C=CC(=C)C.C=CC=C.C=c1ccccc1=C.CC.CC.CC#N.CC(C)=O.COC(=O)/C=C\C(=O)OC.COC(=O)C#CC(=O)OC.O=C1C=CC(=O)C=C1.O=C1C=CC(=O)O1.O=C=O. The summed E-state index contributed by atoms with van der Waals surface area (Å²) in [6, 6.07) is 9.55. The van der Waals surface area contributed by atoms with E-state index in [2.05, 4.69) is 117 Å². The number of ketones is 3. The Morgan fingerprint density at radius 2 is 0.833 bits per heavy atom. The normalized spacial score (nSPS) is 10.4. The minimum absolute atomic E-state index is 0.121. The number of allylic oxidation sites excluding steroid dienone is 17. The summed E-state index contributed by atoms with van der Waals surface area (Å²) in [5.41, 5.74) is 1.02. The van der Waals surface area contributed by atoms with E-state index >= 15 is 0 Å². The molecule has 84 heavy (non-hydrogen) atoms. The molecule has 458 valence electrons. The summed E-state index contributed by atoms with van der Waals surface area (Å²) in [4.78, 5) is 117. The molecule has 0 spiro atoms. The van der Waals surface area contributed by atoms with Gasteiger partial charge in [-0.25, -0.2) is 33.6 Å². The summed E-state index contributed by atoms with van der Waals surface area (Å²) in [5, 5.41) is 9.33. The number of nitriles is 1. The molecule has 5 rings (SSSR count). The van der Waals surface area contributed by atoms with E-state index in [9.17, 15) is 47.9 Å². The topological polar surface area (TPSA) is 284 Å². The summed E-state index contributed by atoms with van der Waals surface area (Å²) >= 11 is 0. The summed E-state index contributed by atoms with van der Waals surface area (Å²) < 4.78 is 24.9. The van der Waals surface area contributed by atoms with Crippen molar-refractivity contribution in [3.8, 4) is 17.9 Å². The quantitative estimate of drug-likeness (QED) is 0.0387. The van der Waals surface area contributed by atoms with Gasteiger partial charge in [0, 0.05) is 49.1 Å². The predicted molar refractivity (Wildman–Crippen MR) is 328 cm³/mol. The van der Waals surface area contributed by atoms with Crippen LogP contribution in [0, 0.1) is 23.2 Å². The number of hydrogen-bond donors (Lipinski definition) is 0. The Hall–Kier alpha value is -10.5. The van der Waals surface area contributed by atoms with E-state index in [0.29, 0.717) is 0 Å². The monoisotopic (exact) mass is 1170 g/mol. The van der Waals surface area contributed by atoms with E-state index in [0.717, 1.165) is 46.7 Å². The lowest BCUT2D eigenvalue weighted by Gasteiger charge is -1.89. The number of hydrogen-bond acceptors (Lipinski definition) is 19. The van der Waals surface area contributed by atoms with Crippen LogP contribution in [-0.2, 0) is 86.0 Å². The lowest BCUT2D eigenvalue weighted by Crippen LogP contribution is -2.19. The molecule has 0 saturated carbocycles. The first-order valence-electron chi connectivity index (χ1n) is 24.6. The molecule has 19 nitrogen and oxygen atoms in total. The number of Topliss-reactive ketones (excluding diaryl/α,β-unsaturated/α-hetero) is 1. The Labute approximate surface area is 497 Å². The Morgan fingerprint density at radius 3 is 0.976 bits per heavy atom. The molecule has 19 heteroatoms. The van der Waals surface area contributed by atoms with Crippen LogP contribution in [0.3, 0.4) is 0 Å². The highest BCUT2D eigenvalue weighted by atomic mass is 16.6. The van der Waals surface area contributed by atoms with Crippen LogP contribution in [0.2, 0.25) is 0 Å². The third-order valence-corrected chi connectivity index (χ3v) is 6.45. The molecule has 0 unspecified atom stereocenters. The molecule has 0 radical (unpaired) electrons. The molecule has 0 N–H and O–H groups in total. The number of rotatable bonds is 5. The molecule has 1 heterocycles. The first kappa shape index (κ1) is 95.8. The highest BCUT2D eigenvalue weighted by Gasteiger charge is 2.10. The van der Waals surface area contributed by atoms with Crippen molar-refractivity contribution in [3.63, 3.8) is 0 Å². The maximum atomic E-state index is 10.3. The molecular formula is C65H85NO18. The van der Waals surface area contributed by atoms with Gasteiger partial charge in [0.2, 0.25) is 0 Å². The summed E-state index contributed by atoms with van der Waals surface area (Å²) in [5.74, 6) is -0.415. The average molecular weight is 1170 g/mol. The zero-order valence-corrected chi connectivity index (χ0v) is 51.1. The van der Waals surface area contributed by atoms with Gasteiger partial charge in [-0.2, -0.15) is 14.9 Å². The lowest BCUT2D eigenvalue weighted by molar-refractivity contribution is -0.192. The smallest absolute Gasteiger partial charge is 0.384 e. The summed E-state index contributed by atoms with van der Waals surface area (Å²) in [6.45, 7) is 37.4. The van der Waals surface area contributed by atoms with E-state index in [1.165, 1.54) is 99.5 Å². The first-order chi connectivity index (χ1) is 39.8. The van der Waals surface area contributed by atoms with Gasteiger partial charge in [0.25, 0.3) is 0 Å². The van der Waals surface area contributed by atoms with Crippen molar-refractivity contribution < 1.29 is 86.0 Å². The van der Waals surface area contributed by atoms with Crippen molar-refractivity contribution in [3.05, 3.63) is 194 Å². The van der Waals surface area contributed by atoms with Gasteiger partial charge < -0.3 is 33.2 Å². The van der Waals surface area contributed by atoms with E-state index in [-0.39, 0.29) is 29.5 Å². The zero-order valence-electron chi connectivity index (χ0n) is 51.1. The Kier molecular flexibility index (Phi) is 95.6. The number of cyclic esters (lactones) is 2. The van der Waals surface area contributed by atoms with Gasteiger partial charge in [-0.3, -0.25) is 9.59 Å². The molecule has 0 bridgehead atoms. The largest absolute Gasteiger partial charge is 0.466 e. The number of benzene rings is 1. The van der Waals surface area contributed by atoms with Crippen molar-refractivity contribution in [2.24, 2.45) is 0 Å². The van der Waals surface area contributed by atoms with Crippen LogP contribution in [-0.4, -0.2) is 101 Å². The van der Waals surface area contributed by atoms with Crippen molar-refractivity contribution in [2.45, 2.75) is 81.6 Å². The van der Waals surface area contributed by atoms with Crippen LogP contribution in [0.1, 0.15) is 81.6 Å². The molecule has 1 aromatic rings. The molecule has 3 aliphatic carbocycles. The standard InChI is InChI=1S/C8H8.C6H8O4.C6H6O4.C6H4O2.C6H8.C5H8O2.C5H6.C5H8.C4H2O3.C4H6.C3H6O.C2H3N.2C2H6.CO2/c1-7-5-3-4-6-8(7)2;2*1-9-5(7)3-4-6(8)10-2;7-5-1-2-6(8)4-3-5;1-2-4-6-5-3-1;1-3-4-5(6)7-2;1-2-4-5-3-1;1-4-5(2)3;5-3-1-2-4(6)7-3;1-3-4-2;1-3(2)4;1-2-3;2*1-2;2-1-3/h3-6H,1-2H2;3-4H,1-2H3;1-2H3;1-4H;1-4H,5-6H2;3-4H,1-2H3;1-4H,5H2;4H,1-2H2,3H3;1-2H;3-4H,1-2H2;1-2H3;1H3;2*1-2H3;/b;4-3-;;;;4-3+;;;;;;;;;. The van der Waals surface area contributed by atoms with Gasteiger partial charge in [-0.1, -0.05) is 170 Å². The van der Waals surface area contributed by atoms with Crippen molar-refractivity contribution in [1.82, 2.24) is 0 Å². The van der Waals surface area contributed by atoms with Crippen LogP contribution in [0.4, 0.5) is 0 Å². The van der Waals surface area contributed by atoms with Crippen LogP contribution in [0.15, 0.2) is 184 Å². The molecule has 0 aromatic heterocycles. The summed E-state index contributed by atoms with van der Waals surface area (Å²) in [7, 11) is 6.15. The molecule has 0 fully saturated rings. The van der Waals surface area contributed by atoms with Crippen molar-refractivity contribution in [1.29, 1.82) is 5.26 Å². The van der Waals surface area contributed by atoms with Crippen molar-refractivity contribution >= 4 is 78.4 Å². The number of ether oxygens (including phenoxy) is 6. The van der Waals surface area contributed by atoms with Crippen LogP contribution < -0.4 is 10.4 Å². The fourth-order valence-corrected chi connectivity index (χ4v) is 2.92. The maximum Gasteiger partial charge on any atom is 0.384 e. The Morgan fingerprint density at radius 1 is 0.560 bits per heavy atom. The van der Waals surface area contributed by atoms with E-state index in [4.69, 9.17) is 14.9 Å². The van der Waals surface area contributed by atoms with Crippen molar-refractivity contribution in [2.75, 3.05) is 35.5 Å². The Bertz CT molecular complexity index is 2460. The molecule has 0 amide bonds. The third-order valence-electron chi connectivity index (χ3n) is 6.45. The number of carbonyl (C=O) groups excluding carboxylic acids is 12. The third kappa shape index (κ3) is 111. The zero-order chi connectivity index (χ0) is 67.4. The van der Waals surface area contributed by atoms with Gasteiger partial charge >= 0.3 is 47.9 Å². The number of carbonyl (C=O) groups is 10. The second kappa shape index (κ2) is 83.8. The second-order valence-corrected chi connectivity index (χ2v) is 13.2. The molecular weight excluding hydrogens is 1080 g/mol. The van der Waals surface area contributed by atoms with Crippen LogP contribution in [0.5, 0.6) is 0 Å². The minimum Gasteiger partial charge on any atom is -0.466 e. The molecule has 1 aromatic carbocycles. The fourth-order valence-electron chi connectivity index (χ4n) is 2.92. The van der Waals surface area contributed by atoms with E-state index < -0.39 is 35.8 Å². The molecule has 0 atom stereocenters.